The van der Waals surface area contributed by atoms with Gasteiger partial charge >= 0.3 is 0 Å². The van der Waals surface area contributed by atoms with Crippen LogP contribution in [-0.4, -0.2) is 40.4 Å². The van der Waals surface area contributed by atoms with Gasteiger partial charge in [0.1, 0.15) is 23.2 Å². The van der Waals surface area contributed by atoms with Gasteiger partial charge in [0.25, 0.3) is 5.91 Å². The number of aliphatic hydroxyl groups is 2. The first kappa shape index (κ1) is 27.6. The van der Waals surface area contributed by atoms with Crippen molar-refractivity contribution in [2.75, 3.05) is 5.32 Å². The van der Waals surface area contributed by atoms with E-state index in [-0.39, 0.29) is 39.7 Å². The van der Waals surface area contributed by atoms with Gasteiger partial charge in [-0.3, -0.25) is 9.78 Å². The van der Waals surface area contributed by atoms with Gasteiger partial charge in [0.2, 0.25) is 0 Å². The minimum Gasteiger partial charge on any atom is -0.386 e. The van der Waals surface area contributed by atoms with Crippen LogP contribution in [0.1, 0.15) is 47.8 Å². The molecule has 1 aromatic heterocycles. The summed E-state index contributed by atoms with van der Waals surface area (Å²) in [4.78, 5) is 16.4. The van der Waals surface area contributed by atoms with Crippen molar-refractivity contribution in [1.82, 2.24) is 4.98 Å². The van der Waals surface area contributed by atoms with Gasteiger partial charge in [0, 0.05) is 23.5 Å². The molecule has 1 amide bonds. The number of benzene rings is 2. The fourth-order valence-corrected chi connectivity index (χ4v) is 8.28. The first-order valence-corrected chi connectivity index (χ1v) is 14.2. The van der Waals surface area contributed by atoms with Gasteiger partial charge in [-0.25, -0.2) is 21.6 Å². The third kappa shape index (κ3) is 4.82. The van der Waals surface area contributed by atoms with Crippen molar-refractivity contribution in [1.29, 1.82) is 0 Å². The lowest BCUT2D eigenvalue weighted by molar-refractivity contribution is -0.146. The molecular weight excluding hydrogens is 557 g/mol. The zero-order chi connectivity index (χ0) is 28.1. The van der Waals surface area contributed by atoms with E-state index in [1.165, 1.54) is 24.4 Å². The smallest absolute Gasteiger partial charge is 0.255 e. The van der Waals surface area contributed by atoms with E-state index in [9.17, 15) is 36.6 Å². The number of carbonyl (C=O) groups is 1. The second kappa shape index (κ2) is 10.2. The van der Waals surface area contributed by atoms with E-state index in [4.69, 9.17) is 11.6 Å². The summed E-state index contributed by atoms with van der Waals surface area (Å²) < 4.78 is 68.5. The van der Waals surface area contributed by atoms with Gasteiger partial charge in [0.05, 0.1) is 15.2 Å². The number of rotatable bonds is 6. The summed E-state index contributed by atoms with van der Waals surface area (Å²) in [6.45, 7) is 0. The highest BCUT2D eigenvalue weighted by atomic mass is 35.5. The number of aliphatic hydroxyl groups excluding tert-OH is 1. The minimum atomic E-state index is -4.11. The average Bonchev–Trinajstić information content (AvgIpc) is 3.06. The summed E-state index contributed by atoms with van der Waals surface area (Å²) in [5.74, 6) is -5.06. The molecule has 0 saturated heterocycles. The Morgan fingerprint density at radius 2 is 1.72 bits per heavy atom. The number of nitrogens with one attached hydrogen (secondary N) is 1. The van der Waals surface area contributed by atoms with Crippen LogP contribution in [0.15, 0.2) is 59.6 Å². The zero-order valence-electron chi connectivity index (χ0n) is 20.3. The number of pyridine rings is 1. The Hall–Kier alpha value is -2.99. The Balaban J connectivity index is 1.39. The van der Waals surface area contributed by atoms with E-state index in [0.29, 0.717) is 12.8 Å². The van der Waals surface area contributed by atoms with Crippen molar-refractivity contribution in [3.05, 3.63) is 88.5 Å². The van der Waals surface area contributed by atoms with Crippen molar-refractivity contribution in [3.8, 4) is 0 Å². The number of sulfone groups is 1. The number of hydrogen-bond donors (Lipinski definition) is 3. The van der Waals surface area contributed by atoms with Crippen LogP contribution in [0.4, 0.5) is 18.9 Å². The van der Waals surface area contributed by atoms with Crippen LogP contribution in [0.2, 0.25) is 5.02 Å². The van der Waals surface area contributed by atoms with Crippen LogP contribution < -0.4 is 5.32 Å². The van der Waals surface area contributed by atoms with Crippen molar-refractivity contribution < 1.29 is 36.6 Å². The standard InChI is InChI=1S/C27H24ClF3N2O5S/c28-19-7-3-14(26(35)33-17-6-8-20(29)22(31)13-17)10-23(19)39(37,38)18-11-15-4-5-16(12-18)27(15,36)25(34)24-21(30)2-1-9-32-24/h1-3,6-10,13,15-16,18,25,34,36H,4-5,11-12H2,(H,33,35)/t15-,16+,18?,25?,27?. The molecule has 3 N–H and O–H groups in total. The monoisotopic (exact) mass is 580 g/mol. The fraction of sp³-hybridized carbons (Fsp3) is 0.333. The first-order valence-electron chi connectivity index (χ1n) is 12.2. The Labute approximate surface area is 227 Å². The van der Waals surface area contributed by atoms with Crippen LogP contribution >= 0.6 is 11.6 Å². The predicted octanol–water partition coefficient (Wildman–Crippen LogP) is 4.83. The molecule has 0 radical (unpaired) electrons. The summed E-state index contributed by atoms with van der Waals surface area (Å²) in [5, 5.41) is 23.8. The van der Waals surface area contributed by atoms with Crippen LogP contribution in [-0.2, 0) is 9.84 Å². The van der Waals surface area contributed by atoms with Gasteiger partial charge in [0.15, 0.2) is 21.5 Å². The highest BCUT2D eigenvalue weighted by molar-refractivity contribution is 7.92. The molecule has 3 aromatic rings. The predicted molar refractivity (Wildman–Crippen MR) is 136 cm³/mol. The summed E-state index contributed by atoms with van der Waals surface area (Å²) in [6, 6.07) is 8.98. The summed E-state index contributed by atoms with van der Waals surface area (Å²) in [6.07, 6.45) is 0.518. The minimum absolute atomic E-state index is 0.0115. The van der Waals surface area contributed by atoms with E-state index in [0.717, 1.165) is 30.3 Å². The number of anilines is 1. The van der Waals surface area contributed by atoms with Crippen LogP contribution in [0.5, 0.6) is 0 Å². The molecule has 2 bridgehead atoms. The number of carbonyl (C=O) groups excluding carboxylic acids is 1. The average molecular weight is 581 g/mol. The number of hydrogen-bond acceptors (Lipinski definition) is 6. The van der Waals surface area contributed by atoms with E-state index >= 15 is 0 Å². The molecule has 2 aliphatic rings. The normalized spacial score (nSPS) is 25.3. The first-order chi connectivity index (χ1) is 18.4. The fourth-order valence-electron chi connectivity index (χ4n) is 5.88. The molecule has 39 heavy (non-hydrogen) atoms. The van der Waals surface area contributed by atoms with Gasteiger partial charge in [-0.15, -0.1) is 0 Å². The van der Waals surface area contributed by atoms with Gasteiger partial charge in [-0.05, 0) is 80.0 Å². The van der Waals surface area contributed by atoms with Crippen molar-refractivity contribution >= 4 is 33.0 Å². The quantitative estimate of drug-likeness (QED) is 0.384. The molecule has 5 atom stereocenters. The maximum atomic E-state index is 14.3. The maximum absolute atomic E-state index is 14.3. The number of amides is 1. The number of aromatic nitrogens is 1. The van der Waals surface area contributed by atoms with Crippen molar-refractivity contribution in [2.24, 2.45) is 11.8 Å². The SMILES string of the molecule is O=C(Nc1ccc(F)c(F)c1)c1ccc(Cl)c(S(=O)(=O)C2C[C@H]3CC[C@@H](C2)C3(O)C(O)c2ncccc2F)c1. The topological polar surface area (TPSA) is 117 Å². The Bertz CT molecular complexity index is 1540. The van der Waals surface area contributed by atoms with Crippen molar-refractivity contribution in [3.63, 3.8) is 0 Å². The van der Waals surface area contributed by atoms with Crippen molar-refractivity contribution in [2.45, 2.75) is 47.5 Å². The molecular formula is C27H24ClF3N2O5S. The lowest BCUT2D eigenvalue weighted by Crippen LogP contribution is -2.52. The molecule has 2 aliphatic carbocycles. The van der Waals surface area contributed by atoms with E-state index in [1.807, 2.05) is 0 Å². The van der Waals surface area contributed by atoms with E-state index in [2.05, 4.69) is 10.3 Å². The van der Waals surface area contributed by atoms with Crippen LogP contribution in [0.3, 0.4) is 0 Å². The third-order valence-corrected chi connectivity index (χ3v) is 10.5. The van der Waals surface area contributed by atoms with Gasteiger partial charge < -0.3 is 15.5 Å². The van der Waals surface area contributed by atoms with Crippen LogP contribution in [0, 0.1) is 29.3 Å². The lowest BCUT2D eigenvalue weighted by Gasteiger charge is -2.45. The number of fused-ring (bicyclic) bond motifs is 2. The molecule has 1 heterocycles. The van der Waals surface area contributed by atoms with Gasteiger partial charge in [-0.2, -0.15) is 0 Å². The van der Waals surface area contributed by atoms with E-state index < -0.39 is 62.0 Å². The molecule has 3 unspecified atom stereocenters. The maximum Gasteiger partial charge on any atom is 0.255 e. The molecule has 206 valence electrons. The molecule has 2 fully saturated rings. The second-order valence-electron chi connectivity index (χ2n) is 10.00. The van der Waals surface area contributed by atoms with Gasteiger partial charge in [-0.1, -0.05) is 11.6 Å². The lowest BCUT2D eigenvalue weighted by atomic mass is 9.70. The molecule has 0 aliphatic heterocycles. The highest BCUT2D eigenvalue weighted by Gasteiger charge is 2.60. The molecule has 0 spiro atoms. The second-order valence-corrected chi connectivity index (χ2v) is 12.6. The Morgan fingerprint density at radius 3 is 2.36 bits per heavy atom. The molecule has 2 saturated carbocycles. The summed E-state index contributed by atoms with van der Waals surface area (Å²) in [7, 11) is -4.11. The van der Waals surface area contributed by atoms with Crippen LogP contribution in [0.25, 0.3) is 0 Å². The number of halogens is 4. The summed E-state index contributed by atoms with van der Waals surface area (Å²) in [5.41, 5.74) is -2.14. The Morgan fingerprint density at radius 1 is 1.03 bits per heavy atom. The zero-order valence-corrected chi connectivity index (χ0v) is 21.9. The number of nitrogens with zero attached hydrogens (tertiary/aromatic N) is 1. The highest BCUT2D eigenvalue weighted by Crippen LogP contribution is 2.56. The summed E-state index contributed by atoms with van der Waals surface area (Å²) >= 11 is 6.25. The Kier molecular flexibility index (Phi) is 7.21. The molecule has 2 aromatic carbocycles. The molecule has 7 nitrogen and oxygen atoms in total. The van der Waals surface area contributed by atoms with E-state index in [1.54, 1.807) is 0 Å². The molecule has 12 heteroatoms. The largest absolute Gasteiger partial charge is 0.386 e. The third-order valence-electron chi connectivity index (χ3n) is 7.87. The molecule has 5 rings (SSSR count).